The highest BCUT2D eigenvalue weighted by Crippen LogP contribution is 2.29. The summed E-state index contributed by atoms with van der Waals surface area (Å²) in [5.74, 6) is -3.34. The summed E-state index contributed by atoms with van der Waals surface area (Å²) in [5, 5.41) is 2.96. The zero-order chi connectivity index (χ0) is 22.8. The van der Waals surface area contributed by atoms with E-state index < -0.39 is 23.4 Å². The highest BCUT2D eigenvalue weighted by molar-refractivity contribution is 7.99. The fourth-order valence-electron chi connectivity index (χ4n) is 3.09. The SMILES string of the molecule is NC(=O)c1ccccc1Sc1cnc(N)c(C(=O)NCc2c[nH]c3ccc(F)c(F)c23)n1. The van der Waals surface area contributed by atoms with E-state index in [9.17, 15) is 18.4 Å². The highest BCUT2D eigenvalue weighted by atomic mass is 32.2. The summed E-state index contributed by atoms with van der Waals surface area (Å²) in [6, 6.07) is 9.10. The monoisotopic (exact) mass is 454 g/mol. The van der Waals surface area contributed by atoms with Crippen molar-refractivity contribution in [3.63, 3.8) is 0 Å². The van der Waals surface area contributed by atoms with Crippen LogP contribution in [-0.2, 0) is 6.54 Å². The first kappa shape index (κ1) is 21.2. The van der Waals surface area contributed by atoms with E-state index in [1.165, 1.54) is 18.5 Å². The molecule has 0 bridgehead atoms. The number of anilines is 1. The molecule has 0 aliphatic heterocycles. The van der Waals surface area contributed by atoms with Crippen molar-refractivity contribution < 1.29 is 18.4 Å². The van der Waals surface area contributed by atoms with Gasteiger partial charge in [-0.2, -0.15) is 0 Å². The molecule has 0 atom stereocenters. The highest BCUT2D eigenvalue weighted by Gasteiger charge is 2.18. The molecular weight excluding hydrogens is 438 g/mol. The summed E-state index contributed by atoms with van der Waals surface area (Å²) in [7, 11) is 0. The molecule has 4 rings (SSSR count). The number of carbonyl (C=O) groups is 2. The summed E-state index contributed by atoms with van der Waals surface area (Å²) in [6.45, 7) is -0.0950. The molecule has 0 aliphatic carbocycles. The van der Waals surface area contributed by atoms with Crippen LogP contribution in [0.4, 0.5) is 14.6 Å². The van der Waals surface area contributed by atoms with Crippen molar-refractivity contribution >= 4 is 40.3 Å². The predicted molar refractivity (Wildman–Crippen MR) is 115 cm³/mol. The van der Waals surface area contributed by atoms with Crippen LogP contribution in [0.25, 0.3) is 10.9 Å². The molecule has 6 N–H and O–H groups in total. The topological polar surface area (TPSA) is 140 Å². The molecule has 0 fully saturated rings. The molecule has 0 spiro atoms. The zero-order valence-electron chi connectivity index (χ0n) is 16.4. The Kier molecular flexibility index (Phi) is 5.73. The van der Waals surface area contributed by atoms with Gasteiger partial charge < -0.3 is 21.8 Å². The lowest BCUT2D eigenvalue weighted by Gasteiger charge is -2.09. The molecule has 32 heavy (non-hydrogen) atoms. The second-order valence-corrected chi connectivity index (χ2v) is 7.75. The fraction of sp³-hybridized carbons (Fsp3) is 0.0476. The lowest BCUT2D eigenvalue weighted by Crippen LogP contribution is -2.25. The first-order valence-corrected chi connectivity index (χ1v) is 10.1. The Morgan fingerprint density at radius 3 is 2.72 bits per heavy atom. The van der Waals surface area contributed by atoms with Crippen molar-refractivity contribution in [3.05, 3.63) is 77.2 Å². The quantitative estimate of drug-likeness (QED) is 0.353. The number of nitrogens with two attached hydrogens (primary N) is 2. The standard InChI is InChI=1S/C21H16F2N6O2S/c22-12-5-6-13-16(17(12)23)10(7-26-13)8-28-21(31)18-19(24)27-9-15(29-18)32-14-4-2-1-3-11(14)20(25)30/h1-7,9,26H,8H2,(H2,24,27)(H2,25,30)(H,28,31). The Morgan fingerprint density at radius 2 is 1.94 bits per heavy atom. The van der Waals surface area contributed by atoms with Gasteiger partial charge in [-0.15, -0.1) is 0 Å². The molecule has 162 valence electrons. The van der Waals surface area contributed by atoms with Crippen LogP contribution >= 0.6 is 11.8 Å². The summed E-state index contributed by atoms with van der Waals surface area (Å²) in [5.41, 5.74) is 12.1. The Labute approximate surface area is 184 Å². The Bertz CT molecular complexity index is 1360. The molecule has 2 amide bonds. The summed E-state index contributed by atoms with van der Waals surface area (Å²) in [6.07, 6.45) is 2.85. The van der Waals surface area contributed by atoms with E-state index >= 15 is 0 Å². The van der Waals surface area contributed by atoms with Gasteiger partial charge in [0.1, 0.15) is 5.03 Å². The number of hydrogen-bond donors (Lipinski definition) is 4. The number of amides is 2. The van der Waals surface area contributed by atoms with Crippen molar-refractivity contribution in [1.82, 2.24) is 20.3 Å². The number of nitrogens with zero attached hydrogens (tertiary/aromatic N) is 2. The number of aromatic nitrogens is 3. The molecule has 11 heteroatoms. The lowest BCUT2D eigenvalue weighted by atomic mass is 10.1. The van der Waals surface area contributed by atoms with Crippen molar-refractivity contribution in [1.29, 1.82) is 0 Å². The molecular formula is C21H16F2N6O2S. The normalized spacial score (nSPS) is 10.9. The molecule has 4 aromatic rings. The van der Waals surface area contributed by atoms with Gasteiger partial charge in [-0.25, -0.2) is 18.7 Å². The predicted octanol–water partition coefficient (Wildman–Crippen LogP) is 3.00. The second kappa shape index (κ2) is 8.63. The number of primary amides is 1. The number of H-pyrrole nitrogens is 1. The maximum atomic E-state index is 14.2. The van der Waals surface area contributed by atoms with Gasteiger partial charge in [0, 0.05) is 28.5 Å². The molecule has 0 aliphatic rings. The lowest BCUT2D eigenvalue weighted by molar-refractivity contribution is 0.0944. The van der Waals surface area contributed by atoms with Gasteiger partial charge in [0.05, 0.1) is 11.8 Å². The van der Waals surface area contributed by atoms with Gasteiger partial charge in [-0.3, -0.25) is 9.59 Å². The van der Waals surface area contributed by atoms with E-state index in [0.717, 1.165) is 17.8 Å². The first-order valence-electron chi connectivity index (χ1n) is 9.26. The van der Waals surface area contributed by atoms with Gasteiger partial charge in [0.25, 0.3) is 5.91 Å². The number of halogens is 2. The van der Waals surface area contributed by atoms with E-state index in [2.05, 4.69) is 20.3 Å². The summed E-state index contributed by atoms with van der Waals surface area (Å²) < 4.78 is 27.7. The van der Waals surface area contributed by atoms with E-state index in [0.29, 0.717) is 26.6 Å². The van der Waals surface area contributed by atoms with Crippen LogP contribution in [0, 0.1) is 11.6 Å². The number of hydrogen-bond acceptors (Lipinski definition) is 6. The van der Waals surface area contributed by atoms with E-state index in [-0.39, 0.29) is 23.4 Å². The van der Waals surface area contributed by atoms with E-state index in [1.54, 1.807) is 24.3 Å². The van der Waals surface area contributed by atoms with Crippen LogP contribution in [0.5, 0.6) is 0 Å². The Morgan fingerprint density at radius 1 is 1.16 bits per heavy atom. The van der Waals surface area contributed by atoms with Crippen LogP contribution in [0.1, 0.15) is 26.4 Å². The minimum atomic E-state index is -1.00. The van der Waals surface area contributed by atoms with E-state index in [4.69, 9.17) is 11.5 Å². The second-order valence-electron chi connectivity index (χ2n) is 6.69. The van der Waals surface area contributed by atoms with Crippen LogP contribution in [0.2, 0.25) is 0 Å². The minimum absolute atomic E-state index is 0.0525. The minimum Gasteiger partial charge on any atom is -0.382 e. The summed E-state index contributed by atoms with van der Waals surface area (Å²) in [4.78, 5) is 35.9. The largest absolute Gasteiger partial charge is 0.382 e. The van der Waals surface area contributed by atoms with Crippen molar-refractivity contribution in [3.8, 4) is 0 Å². The van der Waals surface area contributed by atoms with E-state index in [1.807, 2.05) is 0 Å². The number of nitrogens with one attached hydrogen (secondary N) is 2. The van der Waals surface area contributed by atoms with Crippen LogP contribution in [0.3, 0.4) is 0 Å². The van der Waals surface area contributed by atoms with Crippen molar-refractivity contribution in [2.75, 3.05) is 5.73 Å². The smallest absolute Gasteiger partial charge is 0.274 e. The number of carbonyl (C=O) groups excluding carboxylic acids is 2. The number of benzene rings is 2. The number of nitrogen functional groups attached to an aromatic ring is 1. The third kappa shape index (κ3) is 4.10. The third-order valence-corrected chi connectivity index (χ3v) is 5.60. The van der Waals surface area contributed by atoms with Crippen LogP contribution in [0.15, 0.2) is 58.7 Å². The van der Waals surface area contributed by atoms with Gasteiger partial charge in [-0.1, -0.05) is 23.9 Å². The average Bonchev–Trinajstić information content (AvgIpc) is 3.20. The average molecular weight is 454 g/mol. The van der Waals surface area contributed by atoms with Gasteiger partial charge in [-0.05, 0) is 29.8 Å². The molecule has 0 unspecified atom stereocenters. The molecule has 8 nitrogen and oxygen atoms in total. The maximum Gasteiger partial charge on any atom is 0.274 e. The molecule has 0 radical (unpaired) electrons. The number of fused-ring (bicyclic) bond motifs is 1. The fourth-order valence-corrected chi connectivity index (χ4v) is 3.98. The van der Waals surface area contributed by atoms with Gasteiger partial charge in [0.15, 0.2) is 23.1 Å². The van der Waals surface area contributed by atoms with Crippen LogP contribution in [-0.4, -0.2) is 26.8 Å². The number of rotatable bonds is 6. The molecule has 2 heterocycles. The molecule has 0 saturated carbocycles. The Balaban J connectivity index is 1.55. The summed E-state index contributed by atoms with van der Waals surface area (Å²) >= 11 is 1.10. The maximum absolute atomic E-state index is 14.2. The number of aromatic amines is 1. The molecule has 2 aromatic carbocycles. The van der Waals surface area contributed by atoms with Crippen molar-refractivity contribution in [2.45, 2.75) is 16.5 Å². The first-order chi connectivity index (χ1) is 15.3. The molecule has 0 saturated heterocycles. The van der Waals surface area contributed by atoms with Crippen molar-refractivity contribution in [2.24, 2.45) is 5.73 Å². The zero-order valence-corrected chi connectivity index (χ0v) is 17.2. The van der Waals surface area contributed by atoms with Gasteiger partial charge >= 0.3 is 0 Å². The Hall–Kier alpha value is -3.99. The van der Waals surface area contributed by atoms with Gasteiger partial charge in [0.2, 0.25) is 5.91 Å². The van der Waals surface area contributed by atoms with Crippen LogP contribution < -0.4 is 16.8 Å². The molecule has 2 aromatic heterocycles. The third-order valence-electron chi connectivity index (χ3n) is 4.62.